The van der Waals surface area contributed by atoms with E-state index in [0.29, 0.717) is 6.54 Å². The van der Waals surface area contributed by atoms with E-state index in [1.807, 2.05) is 27.7 Å². The Hall–Kier alpha value is -2.23. The SMILES string of the molecule is C/C(=N/S(=O)(=O)c1ccc(C)cc1)N1CCN(S(=O)(=O)c2ccc(C)cc2)C1C(C)C. The first-order valence-corrected chi connectivity index (χ1v) is 13.0. The highest BCUT2D eigenvalue weighted by molar-refractivity contribution is 7.90. The molecule has 7 nitrogen and oxygen atoms in total. The quantitative estimate of drug-likeness (QED) is 0.501. The normalized spacial score (nSPS) is 18.7. The predicted octanol–water partition coefficient (Wildman–Crippen LogP) is 3.40. The molecule has 0 aliphatic carbocycles. The van der Waals surface area contributed by atoms with Gasteiger partial charge in [0.1, 0.15) is 5.84 Å². The van der Waals surface area contributed by atoms with Crippen LogP contribution >= 0.6 is 0 Å². The van der Waals surface area contributed by atoms with E-state index in [1.165, 1.54) is 16.4 Å². The Labute approximate surface area is 185 Å². The second kappa shape index (κ2) is 8.72. The van der Waals surface area contributed by atoms with Crippen molar-refractivity contribution in [1.82, 2.24) is 9.21 Å². The second-order valence-corrected chi connectivity index (χ2v) is 11.7. The zero-order chi connectivity index (χ0) is 23.0. The third kappa shape index (κ3) is 4.83. The van der Waals surface area contributed by atoms with Gasteiger partial charge in [0.05, 0.1) is 16.0 Å². The summed E-state index contributed by atoms with van der Waals surface area (Å²) >= 11 is 0. The predicted molar refractivity (Wildman–Crippen MR) is 122 cm³/mol. The van der Waals surface area contributed by atoms with Crippen LogP contribution in [0.5, 0.6) is 0 Å². The highest BCUT2D eigenvalue weighted by atomic mass is 32.2. The molecule has 0 N–H and O–H groups in total. The summed E-state index contributed by atoms with van der Waals surface area (Å²) in [4.78, 5) is 2.11. The van der Waals surface area contributed by atoms with E-state index in [9.17, 15) is 16.8 Å². The third-order valence-corrected chi connectivity index (χ3v) is 8.64. The van der Waals surface area contributed by atoms with Crippen LogP contribution in [0.2, 0.25) is 0 Å². The van der Waals surface area contributed by atoms with Crippen molar-refractivity contribution in [3.05, 3.63) is 59.7 Å². The summed E-state index contributed by atoms with van der Waals surface area (Å²) in [6.45, 7) is 9.86. The minimum Gasteiger partial charge on any atom is -0.341 e. The Morgan fingerprint density at radius 2 is 1.35 bits per heavy atom. The number of sulfonamides is 2. The number of rotatable bonds is 5. The van der Waals surface area contributed by atoms with Crippen LogP contribution < -0.4 is 0 Å². The summed E-state index contributed by atoms with van der Waals surface area (Å²) in [5.74, 6) is 0.204. The zero-order valence-corrected chi connectivity index (χ0v) is 20.1. The van der Waals surface area contributed by atoms with Gasteiger partial charge >= 0.3 is 0 Å². The van der Waals surface area contributed by atoms with Gasteiger partial charge in [-0.05, 0) is 51.0 Å². The lowest BCUT2D eigenvalue weighted by molar-refractivity contribution is 0.211. The summed E-state index contributed by atoms with van der Waals surface area (Å²) < 4.78 is 57.6. The van der Waals surface area contributed by atoms with Gasteiger partial charge in [0.2, 0.25) is 10.0 Å². The standard InChI is InChI=1S/C22H29N3O4S2/c1-16(2)22-24(19(5)23-30(26,27)20-10-6-17(3)7-11-20)14-15-25(22)31(28,29)21-12-8-18(4)9-13-21/h6-13,16,22H,14-15H2,1-5H3/b23-19-. The lowest BCUT2D eigenvalue weighted by atomic mass is 10.1. The van der Waals surface area contributed by atoms with Gasteiger partial charge in [0.25, 0.3) is 10.0 Å². The fourth-order valence-electron chi connectivity index (χ4n) is 3.77. The molecule has 9 heteroatoms. The molecule has 31 heavy (non-hydrogen) atoms. The molecule has 1 aliphatic heterocycles. The maximum absolute atomic E-state index is 13.3. The Balaban J connectivity index is 1.94. The van der Waals surface area contributed by atoms with Crippen molar-refractivity contribution in [1.29, 1.82) is 0 Å². The molecule has 0 aromatic heterocycles. The summed E-state index contributed by atoms with van der Waals surface area (Å²) in [6, 6.07) is 13.2. The molecule has 1 saturated heterocycles. The Morgan fingerprint density at radius 3 is 1.84 bits per heavy atom. The molecule has 0 amide bonds. The Bertz CT molecular complexity index is 1170. The van der Waals surface area contributed by atoms with Crippen molar-refractivity contribution in [2.75, 3.05) is 13.1 Å². The molecule has 3 rings (SSSR count). The average molecular weight is 464 g/mol. The minimum absolute atomic E-state index is 0.0741. The van der Waals surface area contributed by atoms with Gasteiger partial charge in [0, 0.05) is 13.1 Å². The van der Waals surface area contributed by atoms with Crippen LogP contribution in [0.4, 0.5) is 0 Å². The van der Waals surface area contributed by atoms with Crippen molar-refractivity contribution in [3.63, 3.8) is 0 Å². The number of hydrogen-bond donors (Lipinski definition) is 0. The molecule has 0 spiro atoms. The van der Waals surface area contributed by atoms with Gasteiger partial charge in [-0.15, -0.1) is 4.40 Å². The molecule has 0 radical (unpaired) electrons. The van der Waals surface area contributed by atoms with E-state index < -0.39 is 26.2 Å². The lowest BCUT2D eigenvalue weighted by Crippen LogP contribution is -2.47. The van der Waals surface area contributed by atoms with Gasteiger partial charge < -0.3 is 4.90 Å². The van der Waals surface area contributed by atoms with Gasteiger partial charge in [-0.2, -0.15) is 12.7 Å². The molecule has 1 atom stereocenters. The van der Waals surface area contributed by atoms with E-state index in [-0.39, 0.29) is 28.1 Å². The highest BCUT2D eigenvalue weighted by Crippen LogP contribution is 2.29. The first-order valence-electron chi connectivity index (χ1n) is 10.2. The van der Waals surface area contributed by atoms with E-state index >= 15 is 0 Å². The average Bonchev–Trinajstić information content (AvgIpc) is 3.15. The molecule has 1 heterocycles. The monoisotopic (exact) mass is 463 g/mol. The second-order valence-electron chi connectivity index (χ2n) is 8.21. The van der Waals surface area contributed by atoms with Crippen molar-refractivity contribution in [3.8, 4) is 0 Å². The molecule has 0 bridgehead atoms. The number of aryl methyl sites for hydroxylation is 2. The molecule has 1 unspecified atom stereocenters. The van der Waals surface area contributed by atoms with E-state index in [4.69, 9.17) is 0 Å². The third-order valence-electron chi connectivity index (χ3n) is 5.39. The molecule has 1 fully saturated rings. The number of nitrogens with zero attached hydrogens (tertiary/aromatic N) is 3. The van der Waals surface area contributed by atoms with Crippen molar-refractivity contribution in [2.24, 2.45) is 10.3 Å². The van der Waals surface area contributed by atoms with Crippen LogP contribution in [-0.4, -0.2) is 51.1 Å². The van der Waals surface area contributed by atoms with E-state index in [2.05, 4.69) is 4.40 Å². The van der Waals surface area contributed by atoms with Gasteiger partial charge in [0.15, 0.2) is 0 Å². The smallest absolute Gasteiger partial charge is 0.283 e. The highest BCUT2D eigenvalue weighted by Gasteiger charge is 2.42. The first-order chi connectivity index (χ1) is 14.4. The van der Waals surface area contributed by atoms with Crippen LogP contribution in [0.3, 0.4) is 0 Å². The number of benzene rings is 2. The van der Waals surface area contributed by atoms with Crippen LogP contribution in [-0.2, 0) is 20.0 Å². The summed E-state index contributed by atoms with van der Waals surface area (Å²) in [7, 11) is -7.62. The van der Waals surface area contributed by atoms with Crippen molar-refractivity contribution < 1.29 is 16.8 Å². The largest absolute Gasteiger partial charge is 0.341 e. The first kappa shape index (κ1) is 23.4. The lowest BCUT2D eigenvalue weighted by Gasteiger charge is -2.33. The summed E-state index contributed by atoms with van der Waals surface area (Å²) in [6.07, 6.45) is -0.525. The Morgan fingerprint density at radius 1 is 0.871 bits per heavy atom. The molecular formula is C22H29N3O4S2. The van der Waals surface area contributed by atoms with Crippen LogP contribution in [0.1, 0.15) is 31.9 Å². The van der Waals surface area contributed by atoms with Gasteiger partial charge in [-0.25, -0.2) is 8.42 Å². The zero-order valence-electron chi connectivity index (χ0n) is 18.5. The van der Waals surface area contributed by atoms with Crippen LogP contribution in [0, 0.1) is 19.8 Å². The van der Waals surface area contributed by atoms with Gasteiger partial charge in [-0.1, -0.05) is 49.2 Å². The van der Waals surface area contributed by atoms with Crippen LogP contribution in [0.15, 0.2) is 62.7 Å². The van der Waals surface area contributed by atoms with E-state index in [1.54, 1.807) is 48.2 Å². The maximum Gasteiger partial charge on any atom is 0.283 e. The molecule has 2 aromatic rings. The van der Waals surface area contributed by atoms with Crippen LogP contribution in [0.25, 0.3) is 0 Å². The molecule has 2 aromatic carbocycles. The molecule has 0 saturated carbocycles. The van der Waals surface area contributed by atoms with Gasteiger partial charge in [-0.3, -0.25) is 0 Å². The summed E-state index contributed by atoms with van der Waals surface area (Å²) in [5.41, 5.74) is 1.93. The maximum atomic E-state index is 13.3. The molecule has 1 aliphatic rings. The minimum atomic E-state index is -3.89. The fourth-order valence-corrected chi connectivity index (χ4v) is 6.52. The van der Waals surface area contributed by atoms with Crippen molar-refractivity contribution in [2.45, 2.75) is 50.6 Å². The van der Waals surface area contributed by atoms with Crippen molar-refractivity contribution >= 4 is 25.9 Å². The number of amidine groups is 1. The summed E-state index contributed by atoms with van der Waals surface area (Å²) in [5, 5.41) is 0. The molecule has 168 valence electrons. The fraction of sp³-hybridized carbons (Fsp3) is 0.409. The van der Waals surface area contributed by atoms with E-state index in [0.717, 1.165) is 11.1 Å². The topological polar surface area (TPSA) is 87.1 Å². The Kier molecular flexibility index (Phi) is 6.59. The number of hydrogen-bond acceptors (Lipinski definition) is 4. The molecular weight excluding hydrogens is 434 g/mol.